The number of carbonyl (C=O) groups is 2. The van der Waals surface area contributed by atoms with Crippen molar-refractivity contribution < 1.29 is 29.3 Å². The van der Waals surface area contributed by atoms with E-state index in [-0.39, 0.29) is 25.5 Å². The van der Waals surface area contributed by atoms with Crippen LogP contribution in [0.25, 0.3) is 0 Å². The second-order valence-electron chi connectivity index (χ2n) is 8.28. The highest BCUT2D eigenvalue weighted by molar-refractivity contribution is 5.91. The monoisotopic (exact) mass is 470 g/mol. The first-order valence-electron chi connectivity index (χ1n) is 11.7. The molecule has 0 radical (unpaired) electrons. The van der Waals surface area contributed by atoms with Gasteiger partial charge in [-0.15, -0.1) is 0 Å². The van der Waals surface area contributed by atoms with Gasteiger partial charge in [-0.2, -0.15) is 0 Å². The Morgan fingerprint density at radius 3 is 1.71 bits per heavy atom. The predicted molar refractivity (Wildman–Crippen MR) is 126 cm³/mol. The average molecular weight is 471 g/mol. The Hall–Kier alpha value is -2.78. The van der Waals surface area contributed by atoms with E-state index in [1.807, 2.05) is 60.7 Å². The Bertz CT molecular complexity index is 917. The van der Waals surface area contributed by atoms with Gasteiger partial charge in [0.25, 0.3) is 0 Å². The van der Waals surface area contributed by atoms with E-state index < -0.39 is 35.6 Å². The molecule has 2 amide bonds. The number of carbonyl (C=O) groups excluding carboxylic acids is 2. The van der Waals surface area contributed by atoms with Crippen molar-refractivity contribution in [2.75, 3.05) is 26.4 Å². The number of aliphatic hydroxyl groups excluding tert-OH is 2. The minimum absolute atomic E-state index is 0.209. The number of rotatable bonds is 12. The van der Waals surface area contributed by atoms with Crippen molar-refractivity contribution in [3.63, 3.8) is 0 Å². The topological polar surface area (TPSA) is 117 Å². The zero-order valence-corrected chi connectivity index (χ0v) is 19.6. The molecule has 1 saturated carbocycles. The number of benzene rings is 2. The van der Waals surface area contributed by atoms with Gasteiger partial charge in [0, 0.05) is 19.6 Å². The van der Waals surface area contributed by atoms with Crippen LogP contribution in [0.3, 0.4) is 0 Å². The van der Waals surface area contributed by atoms with Crippen LogP contribution in [0.15, 0.2) is 60.7 Å². The molecule has 8 heteroatoms. The van der Waals surface area contributed by atoms with E-state index in [0.717, 1.165) is 11.1 Å². The number of ether oxygens (including phenoxy) is 2. The first-order chi connectivity index (χ1) is 16.5. The van der Waals surface area contributed by atoms with Crippen LogP contribution in [0.4, 0.5) is 0 Å². The van der Waals surface area contributed by atoms with Gasteiger partial charge in [-0.05, 0) is 25.0 Å². The number of aliphatic hydroxyl groups is 2. The molecule has 0 heterocycles. The Balaban J connectivity index is 1.82. The SMILES string of the molecule is CCOC1(OCC)C[C@H](C(=O)N[C@H](CO)c2ccccc2)[C@H]1C(=O)N[C@H](CO)c1ccccc1. The van der Waals surface area contributed by atoms with E-state index in [9.17, 15) is 19.8 Å². The van der Waals surface area contributed by atoms with E-state index in [2.05, 4.69) is 10.6 Å². The second-order valence-corrected chi connectivity index (χ2v) is 8.28. The Morgan fingerprint density at radius 1 is 0.853 bits per heavy atom. The zero-order valence-electron chi connectivity index (χ0n) is 19.6. The van der Waals surface area contributed by atoms with Crippen molar-refractivity contribution in [1.82, 2.24) is 10.6 Å². The lowest BCUT2D eigenvalue weighted by atomic mass is 9.66. The lowest BCUT2D eigenvalue weighted by Crippen LogP contribution is -2.66. The van der Waals surface area contributed by atoms with Crippen molar-refractivity contribution in [1.29, 1.82) is 0 Å². The van der Waals surface area contributed by atoms with Gasteiger partial charge in [-0.1, -0.05) is 60.7 Å². The van der Waals surface area contributed by atoms with Crippen molar-refractivity contribution >= 4 is 11.8 Å². The molecule has 4 atom stereocenters. The molecule has 3 rings (SSSR count). The summed E-state index contributed by atoms with van der Waals surface area (Å²) in [6.07, 6.45) is 0.209. The molecule has 0 aliphatic heterocycles. The van der Waals surface area contributed by atoms with Crippen LogP contribution in [-0.4, -0.2) is 54.2 Å². The summed E-state index contributed by atoms with van der Waals surface area (Å²) in [6, 6.07) is 17.1. The Labute approximate surface area is 200 Å². The van der Waals surface area contributed by atoms with E-state index in [1.165, 1.54) is 0 Å². The van der Waals surface area contributed by atoms with Crippen LogP contribution in [0.1, 0.15) is 43.5 Å². The highest BCUT2D eigenvalue weighted by Gasteiger charge is 2.62. The van der Waals surface area contributed by atoms with Crippen molar-refractivity contribution in [2.24, 2.45) is 11.8 Å². The van der Waals surface area contributed by atoms with Gasteiger partial charge in [-0.25, -0.2) is 0 Å². The molecule has 34 heavy (non-hydrogen) atoms. The molecule has 0 spiro atoms. The van der Waals surface area contributed by atoms with Gasteiger partial charge in [-0.3, -0.25) is 9.59 Å². The molecular formula is C26H34N2O6. The molecule has 2 aromatic rings. The average Bonchev–Trinajstić information content (AvgIpc) is 2.85. The van der Waals surface area contributed by atoms with Crippen LogP contribution >= 0.6 is 0 Å². The zero-order chi connectivity index (χ0) is 24.6. The maximum absolute atomic E-state index is 13.5. The predicted octanol–water partition coefficient (Wildman–Crippen LogP) is 2.09. The van der Waals surface area contributed by atoms with Gasteiger partial charge < -0.3 is 30.3 Å². The van der Waals surface area contributed by atoms with Crippen molar-refractivity contribution in [3.05, 3.63) is 71.8 Å². The maximum atomic E-state index is 13.5. The fraction of sp³-hybridized carbons (Fsp3) is 0.462. The van der Waals surface area contributed by atoms with Crippen molar-refractivity contribution in [2.45, 2.75) is 38.1 Å². The van der Waals surface area contributed by atoms with Crippen LogP contribution in [0.5, 0.6) is 0 Å². The minimum Gasteiger partial charge on any atom is -0.394 e. The van der Waals surface area contributed by atoms with Crippen LogP contribution in [0, 0.1) is 11.8 Å². The summed E-state index contributed by atoms with van der Waals surface area (Å²) >= 11 is 0. The van der Waals surface area contributed by atoms with Gasteiger partial charge in [0.15, 0.2) is 5.79 Å². The largest absolute Gasteiger partial charge is 0.394 e. The second kappa shape index (κ2) is 12.1. The lowest BCUT2D eigenvalue weighted by molar-refractivity contribution is -0.315. The molecule has 0 unspecified atom stereocenters. The molecular weight excluding hydrogens is 436 g/mol. The van der Waals surface area contributed by atoms with Gasteiger partial charge in [0.2, 0.25) is 11.8 Å². The molecule has 8 nitrogen and oxygen atoms in total. The Morgan fingerprint density at radius 2 is 1.29 bits per heavy atom. The van der Waals surface area contributed by atoms with Gasteiger partial charge >= 0.3 is 0 Å². The Kier molecular flexibility index (Phi) is 9.18. The quantitative estimate of drug-likeness (QED) is 0.353. The number of amides is 2. The van der Waals surface area contributed by atoms with E-state index in [4.69, 9.17) is 9.47 Å². The third-order valence-corrected chi connectivity index (χ3v) is 6.18. The normalized spacial score (nSPS) is 20.6. The summed E-state index contributed by atoms with van der Waals surface area (Å²) in [5.41, 5.74) is 1.52. The standard InChI is InChI=1S/C26H34N2O6/c1-3-33-26(34-4-2)15-20(24(31)27-21(16-29)18-11-7-5-8-12-18)23(26)25(32)28-22(17-30)19-13-9-6-10-14-19/h5-14,20-23,29-30H,3-4,15-17H2,1-2H3,(H,27,31)(H,28,32)/t20-,21+,22+,23-/m0/s1. The summed E-state index contributed by atoms with van der Waals surface area (Å²) in [5, 5.41) is 25.5. The molecule has 1 aliphatic carbocycles. The minimum atomic E-state index is -1.23. The summed E-state index contributed by atoms with van der Waals surface area (Å²) in [4.78, 5) is 26.7. The molecule has 2 aromatic carbocycles. The smallest absolute Gasteiger partial charge is 0.229 e. The number of nitrogens with one attached hydrogen (secondary N) is 2. The van der Waals surface area contributed by atoms with E-state index in [1.54, 1.807) is 13.8 Å². The summed E-state index contributed by atoms with van der Waals surface area (Å²) in [5.74, 6) is -3.66. The molecule has 0 bridgehead atoms. The number of hydrogen-bond acceptors (Lipinski definition) is 6. The number of hydrogen-bond donors (Lipinski definition) is 4. The van der Waals surface area contributed by atoms with Crippen LogP contribution < -0.4 is 10.6 Å². The van der Waals surface area contributed by atoms with Crippen LogP contribution in [0.2, 0.25) is 0 Å². The summed E-state index contributed by atoms with van der Waals surface area (Å²) in [7, 11) is 0. The van der Waals surface area contributed by atoms with Crippen LogP contribution in [-0.2, 0) is 19.1 Å². The molecule has 184 valence electrons. The first-order valence-corrected chi connectivity index (χ1v) is 11.7. The summed E-state index contributed by atoms with van der Waals surface area (Å²) in [6.45, 7) is 3.66. The summed E-state index contributed by atoms with van der Waals surface area (Å²) < 4.78 is 11.8. The molecule has 1 aliphatic rings. The molecule has 4 N–H and O–H groups in total. The highest BCUT2D eigenvalue weighted by atomic mass is 16.7. The lowest BCUT2D eigenvalue weighted by Gasteiger charge is -2.52. The molecule has 1 fully saturated rings. The van der Waals surface area contributed by atoms with Gasteiger partial charge in [0.1, 0.15) is 5.92 Å². The van der Waals surface area contributed by atoms with Gasteiger partial charge in [0.05, 0.1) is 31.2 Å². The highest BCUT2D eigenvalue weighted by Crippen LogP contribution is 2.48. The fourth-order valence-corrected chi connectivity index (χ4v) is 4.53. The molecule has 0 saturated heterocycles. The third-order valence-electron chi connectivity index (χ3n) is 6.18. The first kappa shape index (κ1) is 25.8. The third kappa shape index (κ3) is 5.64. The maximum Gasteiger partial charge on any atom is 0.229 e. The molecule has 0 aromatic heterocycles. The fourth-order valence-electron chi connectivity index (χ4n) is 4.53. The van der Waals surface area contributed by atoms with E-state index in [0.29, 0.717) is 13.2 Å². The van der Waals surface area contributed by atoms with Crippen molar-refractivity contribution in [3.8, 4) is 0 Å². The van der Waals surface area contributed by atoms with E-state index >= 15 is 0 Å².